The van der Waals surface area contributed by atoms with Crippen molar-refractivity contribution in [2.24, 2.45) is 10.8 Å². The molecule has 0 heterocycles. The van der Waals surface area contributed by atoms with Crippen LogP contribution in [0.15, 0.2) is 47.6 Å². The Morgan fingerprint density at radius 1 is 1.17 bits per heavy atom. The summed E-state index contributed by atoms with van der Waals surface area (Å²) in [5, 5.41) is 3.72. The number of amides is 2. The van der Waals surface area contributed by atoms with E-state index in [-0.39, 0.29) is 0 Å². The van der Waals surface area contributed by atoms with E-state index in [4.69, 9.17) is 19.9 Å². The molecule has 2 rings (SSSR count). The monoisotopic (exact) mass is 329 g/mol. The zero-order valence-electron chi connectivity index (χ0n) is 13.5. The van der Waals surface area contributed by atoms with E-state index in [1.165, 1.54) is 6.21 Å². The van der Waals surface area contributed by atoms with Crippen molar-refractivity contribution in [1.29, 1.82) is 0 Å². The molecule has 2 aromatic rings. The Morgan fingerprint density at radius 3 is 2.71 bits per heavy atom. The third-order valence-corrected chi connectivity index (χ3v) is 3.10. The Kier molecular flexibility index (Phi) is 6.01. The molecule has 2 aromatic carbocycles. The predicted molar refractivity (Wildman–Crippen MR) is 90.6 cm³/mol. The van der Waals surface area contributed by atoms with Crippen molar-refractivity contribution in [3.8, 4) is 17.2 Å². The van der Waals surface area contributed by atoms with Gasteiger partial charge in [0.25, 0.3) is 0 Å². The van der Waals surface area contributed by atoms with Crippen molar-refractivity contribution in [3.63, 3.8) is 0 Å². The van der Waals surface area contributed by atoms with Crippen LogP contribution in [0.25, 0.3) is 0 Å². The highest BCUT2D eigenvalue weighted by molar-refractivity contribution is 5.82. The van der Waals surface area contributed by atoms with Gasteiger partial charge in [0.2, 0.25) is 0 Å². The summed E-state index contributed by atoms with van der Waals surface area (Å²) < 4.78 is 16.3. The van der Waals surface area contributed by atoms with Gasteiger partial charge in [-0.2, -0.15) is 5.10 Å². The van der Waals surface area contributed by atoms with E-state index in [9.17, 15) is 4.79 Å². The van der Waals surface area contributed by atoms with Gasteiger partial charge in [-0.05, 0) is 41.5 Å². The Labute approximate surface area is 140 Å². The number of benzene rings is 2. The molecule has 0 fully saturated rings. The molecule has 0 saturated carbocycles. The molecule has 0 radical (unpaired) electrons. The van der Waals surface area contributed by atoms with E-state index in [0.717, 1.165) is 16.9 Å². The normalized spacial score (nSPS) is 10.4. The maximum atomic E-state index is 10.6. The van der Waals surface area contributed by atoms with Crippen molar-refractivity contribution in [1.82, 2.24) is 5.43 Å². The van der Waals surface area contributed by atoms with E-state index in [0.29, 0.717) is 18.1 Å². The number of urea groups is 1. The highest BCUT2D eigenvalue weighted by atomic mass is 16.5. The van der Waals surface area contributed by atoms with Crippen LogP contribution in [0.5, 0.6) is 17.2 Å². The summed E-state index contributed by atoms with van der Waals surface area (Å²) in [5.41, 5.74) is 8.77. The number of primary amides is 1. The Hall–Kier alpha value is -3.22. The lowest BCUT2D eigenvalue weighted by molar-refractivity contribution is 0.249. The molecule has 0 aliphatic carbocycles. The van der Waals surface area contributed by atoms with Gasteiger partial charge in [-0.15, -0.1) is 0 Å². The van der Waals surface area contributed by atoms with Crippen molar-refractivity contribution in [3.05, 3.63) is 53.6 Å². The van der Waals surface area contributed by atoms with E-state index in [1.807, 2.05) is 24.3 Å². The first-order chi connectivity index (χ1) is 11.6. The van der Waals surface area contributed by atoms with Crippen LogP contribution >= 0.6 is 0 Å². The summed E-state index contributed by atoms with van der Waals surface area (Å²) in [6.45, 7) is 0.355. The van der Waals surface area contributed by atoms with Crippen LogP contribution < -0.4 is 25.4 Å². The van der Waals surface area contributed by atoms with Gasteiger partial charge in [-0.3, -0.25) is 0 Å². The summed E-state index contributed by atoms with van der Waals surface area (Å²) in [6, 6.07) is 12.2. The smallest absolute Gasteiger partial charge is 0.332 e. The second-order valence-corrected chi connectivity index (χ2v) is 4.78. The second kappa shape index (κ2) is 8.42. The van der Waals surface area contributed by atoms with Crippen molar-refractivity contribution in [2.75, 3.05) is 14.2 Å². The number of ether oxygens (including phenoxy) is 3. The lowest BCUT2D eigenvalue weighted by Gasteiger charge is -2.12. The predicted octanol–water partition coefficient (Wildman–Crippen LogP) is 2.29. The van der Waals surface area contributed by atoms with Gasteiger partial charge in [-0.25, -0.2) is 10.2 Å². The molecule has 3 N–H and O–H groups in total. The maximum Gasteiger partial charge on any atom is 0.332 e. The average molecular weight is 329 g/mol. The minimum Gasteiger partial charge on any atom is -0.497 e. The van der Waals surface area contributed by atoms with Gasteiger partial charge in [0, 0.05) is 0 Å². The summed E-state index contributed by atoms with van der Waals surface area (Å²) in [6.07, 6.45) is 1.46. The number of carbonyl (C=O) groups excluding carboxylic acids is 1. The molecule has 0 spiro atoms. The number of hydrogen-bond donors (Lipinski definition) is 2. The number of rotatable bonds is 7. The van der Waals surface area contributed by atoms with Crippen LogP contribution in [0.1, 0.15) is 11.1 Å². The van der Waals surface area contributed by atoms with Gasteiger partial charge in [0.15, 0.2) is 11.5 Å². The molecule has 7 heteroatoms. The first-order valence-corrected chi connectivity index (χ1v) is 7.14. The quantitative estimate of drug-likeness (QED) is 0.602. The van der Waals surface area contributed by atoms with Crippen LogP contribution in [0.2, 0.25) is 0 Å². The van der Waals surface area contributed by atoms with Gasteiger partial charge < -0.3 is 19.9 Å². The molecule has 0 aliphatic heterocycles. The zero-order valence-corrected chi connectivity index (χ0v) is 13.5. The van der Waals surface area contributed by atoms with Crippen LogP contribution in [0.3, 0.4) is 0 Å². The van der Waals surface area contributed by atoms with E-state index in [1.54, 1.807) is 32.4 Å². The summed E-state index contributed by atoms with van der Waals surface area (Å²) in [7, 11) is 3.18. The number of nitrogens with zero attached hydrogens (tertiary/aromatic N) is 1. The largest absolute Gasteiger partial charge is 0.497 e. The summed E-state index contributed by atoms with van der Waals surface area (Å²) in [5.74, 6) is 1.92. The molecule has 0 aromatic heterocycles. The van der Waals surface area contributed by atoms with Gasteiger partial charge in [-0.1, -0.05) is 12.1 Å². The van der Waals surface area contributed by atoms with Gasteiger partial charge in [0.05, 0.1) is 20.4 Å². The van der Waals surface area contributed by atoms with Crippen LogP contribution in [0.4, 0.5) is 4.79 Å². The van der Waals surface area contributed by atoms with E-state index < -0.39 is 6.03 Å². The fraction of sp³-hybridized carbons (Fsp3) is 0.176. The Morgan fingerprint density at radius 2 is 2.00 bits per heavy atom. The molecular weight excluding hydrogens is 310 g/mol. The maximum absolute atomic E-state index is 10.6. The average Bonchev–Trinajstić information content (AvgIpc) is 2.60. The molecule has 7 nitrogen and oxygen atoms in total. The first kappa shape index (κ1) is 17.1. The minimum absolute atomic E-state index is 0.355. The first-order valence-electron chi connectivity index (χ1n) is 7.14. The lowest BCUT2D eigenvalue weighted by Crippen LogP contribution is -2.24. The molecule has 2 amide bonds. The number of nitrogens with one attached hydrogen (secondary N) is 1. The number of hydrazone groups is 1. The molecule has 0 saturated heterocycles. The minimum atomic E-state index is -0.728. The second-order valence-electron chi connectivity index (χ2n) is 4.78. The van der Waals surface area contributed by atoms with E-state index in [2.05, 4.69) is 10.5 Å². The van der Waals surface area contributed by atoms with E-state index >= 15 is 0 Å². The number of methoxy groups -OCH3 is 2. The highest BCUT2D eigenvalue weighted by Gasteiger charge is 2.06. The molecule has 0 unspecified atom stereocenters. The summed E-state index contributed by atoms with van der Waals surface area (Å²) >= 11 is 0. The Balaban J connectivity index is 2.12. The SMILES string of the molecule is COc1cccc(COc2cc(C=NNC(N)=O)ccc2OC)c1. The standard InChI is InChI=1S/C17H19N3O4/c1-22-14-5-3-4-13(8-14)11-24-16-9-12(6-7-15(16)23-2)10-19-20-17(18)21/h3-10H,11H2,1-2H3,(H3,18,20,21). The van der Waals surface area contributed by atoms with Crippen LogP contribution in [0, 0.1) is 0 Å². The molecule has 0 aliphatic rings. The molecule has 0 bridgehead atoms. The third-order valence-electron chi connectivity index (χ3n) is 3.10. The van der Waals surface area contributed by atoms with Crippen molar-refractivity contribution >= 4 is 12.2 Å². The molecule has 126 valence electrons. The zero-order chi connectivity index (χ0) is 17.4. The fourth-order valence-electron chi connectivity index (χ4n) is 1.98. The van der Waals surface area contributed by atoms with Crippen LogP contribution in [-0.2, 0) is 6.61 Å². The number of nitrogens with two attached hydrogens (primary N) is 1. The lowest BCUT2D eigenvalue weighted by atomic mass is 10.2. The third kappa shape index (κ3) is 4.91. The van der Waals surface area contributed by atoms with Gasteiger partial charge >= 0.3 is 6.03 Å². The topological polar surface area (TPSA) is 95.2 Å². The highest BCUT2D eigenvalue weighted by Crippen LogP contribution is 2.28. The fourth-order valence-corrected chi connectivity index (χ4v) is 1.98. The number of hydrogen-bond acceptors (Lipinski definition) is 5. The molecule has 24 heavy (non-hydrogen) atoms. The van der Waals surface area contributed by atoms with Gasteiger partial charge in [0.1, 0.15) is 12.4 Å². The summed E-state index contributed by atoms with van der Waals surface area (Å²) in [4.78, 5) is 10.6. The number of carbonyl (C=O) groups is 1. The molecular formula is C17H19N3O4. The van der Waals surface area contributed by atoms with Crippen molar-refractivity contribution in [2.45, 2.75) is 6.61 Å². The Bertz CT molecular complexity index is 732. The van der Waals surface area contributed by atoms with Crippen molar-refractivity contribution < 1.29 is 19.0 Å². The molecule has 0 atom stereocenters. The van der Waals surface area contributed by atoms with Crippen LogP contribution in [-0.4, -0.2) is 26.5 Å².